The van der Waals surface area contributed by atoms with Gasteiger partial charge in [0.15, 0.2) is 6.61 Å². The number of carbonyl (C=O) groups excluding carboxylic acids is 2. The van der Waals surface area contributed by atoms with Gasteiger partial charge in [-0.1, -0.05) is 55.8 Å². The molecule has 2 amide bonds. The summed E-state index contributed by atoms with van der Waals surface area (Å²) in [6, 6.07) is 13.4. The molecule has 0 bridgehead atoms. The van der Waals surface area contributed by atoms with Crippen LogP contribution in [0.15, 0.2) is 42.5 Å². The summed E-state index contributed by atoms with van der Waals surface area (Å²) in [5, 5.41) is 2.93. The zero-order valence-electron chi connectivity index (χ0n) is 18.8. The molecular weight excluding hydrogens is 376 g/mol. The average Bonchev–Trinajstić information content (AvgIpc) is 2.72. The van der Waals surface area contributed by atoms with E-state index in [1.807, 2.05) is 77.1 Å². The molecule has 1 atom stereocenters. The Morgan fingerprint density at radius 3 is 2.43 bits per heavy atom. The lowest BCUT2D eigenvalue weighted by Gasteiger charge is -2.30. The smallest absolute Gasteiger partial charge is 0.261 e. The van der Waals surface area contributed by atoms with Crippen LogP contribution < -0.4 is 10.1 Å². The summed E-state index contributed by atoms with van der Waals surface area (Å²) in [6.45, 7) is 10.8. The Morgan fingerprint density at radius 1 is 1.03 bits per heavy atom. The van der Waals surface area contributed by atoms with E-state index in [2.05, 4.69) is 5.32 Å². The molecule has 2 aromatic rings. The van der Waals surface area contributed by atoms with Crippen molar-refractivity contribution >= 4 is 11.8 Å². The Hall–Kier alpha value is -2.82. The van der Waals surface area contributed by atoms with Crippen molar-refractivity contribution in [3.05, 3.63) is 64.7 Å². The van der Waals surface area contributed by atoms with Gasteiger partial charge in [-0.3, -0.25) is 9.59 Å². The molecule has 0 spiro atoms. The maximum Gasteiger partial charge on any atom is 0.261 e. The van der Waals surface area contributed by atoms with E-state index < -0.39 is 6.04 Å². The molecule has 0 radical (unpaired) electrons. The quantitative estimate of drug-likeness (QED) is 0.634. The molecule has 0 aliphatic carbocycles. The van der Waals surface area contributed by atoms with Gasteiger partial charge in [0.05, 0.1) is 0 Å². The molecule has 0 saturated carbocycles. The van der Waals surface area contributed by atoms with Crippen molar-refractivity contribution in [2.75, 3.05) is 13.2 Å². The zero-order valence-corrected chi connectivity index (χ0v) is 18.8. The van der Waals surface area contributed by atoms with E-state index in [1.165, 1.54) is 0 Å². The van der Waals surface area contributed by atoms with Crippen molar-refractivity contribution in [1.29, 1.82) is 0 Å². The number of nitrogens with one attached hydrogen (secondary N) is 1. The van der Waals surface area contributed by atoms with Crippen molar-refractivity contribution in [3.8, 4) is 5.75 Å². The second kappa shape index (κ2) is 11.4. The fourth-order valence-corrected chi connectivity index (χ4v) is 3.38. The molecule has 5 nitrogen and oxygen atoms in total. The van der Waals surface area contributed by atoms with Crippen LogP contribution in [0.5, 0.6) is 5.75 Å². The van der Waals surface area contributed by atoms with Crippen LogP contribution in [0.3, 0.4) is 0 Å². The number of benzene rings is 2. The molecule has 0 heterocycles. The first-order valence-electron chi connectivity index (χ1n) is 10.7. The van der Waals surface area contributed by atoms with Crippen LogP contribution in [-0.4, -0.2) is 35.9 Å². The lowest BCUT2D eigenvalue weighted by atomic mass is 10.1. The molecule has 0 fully saturated rings. The van der Waals surface area contributed by atoms with E-state index in [4.69, 9.17) is 4.74 Å². The molecule has 2 aromatic carbocycles. The van der Waals surface area contributed by atoms with Crippen molar-refractivity contribution in [1.82, 2.24) is 10.2 Å². The second-order valence-electron chi connectivity index (χ2n) is 7.78. The van der Waals surface area contributed by atoms with Crippen LogP contribution in [0.1, 0.15) is 48.9 Å². The summed E-state index contributed by atoms with van der Waals surface area (Å²) < 4.78 is 5.85. The third-order valence-electron chi connectivity index (χ3n) is 5.07. The van der Waals surface area contributed by atoms with Gasteiger partial charge in [-0.15, -0.1) is 0 Å². The van der Waals surface area contributed by atoms with Gasteiger partial charge in [0.2, 0.25) is 5.91 Å². The highest BCUT2D eigenvalue weighted by Gasteiger charge is 2.28. The maximum absolute atomic E-state index is 13.2. The van der Waals surface area contributed by atoms with Crippen molar-refractivity contribution in [3.63, 3.8) is 0 Å². The standard InChI is InChI=1S/C25H34N2O3/c1-6-13-26-25(29)22(7-2)27(16-21-10-8-9-18(3)14-21)24(28)17-30-23-15-19(4)11-12-20(23)5/h8-12,14-15,22H,6-7,13,16-17H2,1-5H3,(H,26,29). The van der Waals surface area contributed by atoms with E-state index in [0.29, 0.717) is 25.3 Å². The molecule has 5 heteroatoms. The first-order valence-corrected chi connectivity index (χ1v) is 10.7. The highest BCUT2D eigenvalue weighted by Crippen LogP contribution is 2.20. The molecular formula is C25H34N2O3. The molecule has 0 saturated heterocycles. The number of nitrogens with zero attached hydrogens (tertiary/aromatic N) is 1. The first kappa shape index (κ1) is 23.5. The second-order valence-corrected chi connectivity index (χ2v) is 7.78. The molecule has 0 aliphatic heterocycles. The Kier molecular flexibility index (Phi) is 8.90. The fraction of sp³-hybridized carbons (Fsp3) is 0.440. The molecule has 2 rings (SSSR count). The van der Waals surface area contributed by atoms with Gasteiger partial charge < -0.3 is 15.0 Å². The monoisotopic (exact) mass is 410 g/mol. The van der Waals surface area contributed by atoms with Gasteiger partial charge >= 0.3 is 0 Å². The highest BCUT2D eigenvalue weighted by atomic mass is 16.5. The Bertz CT molecular complexity index is 863. The minimum absolute atomic E-state index is 0.104. The van der Waals surface area contributed by atoms with Gasteiger partial charge in [0.25, 0.3) is 5.91 Å². The first-order chi connectivity index (χ1) is 14.3. The van der Waals surface area contributed by atoms with E-state index >= 15 is 0 Å². The van der Waals surface area contributed by atoms with Crippen LogP contribution in [0.4, 0.5) is 0 Å². The Morgan fingerprint density at radius 2 is 1.77 bits per heavy atom. The number of rotatable bonds is 10. The lowest BCUT2D eigenvalue weighted by Crippen LogP contribution is -2.50. The summed E-state index contributed by atoms with van der Waals surface area (Å²) in [7, 11) is 0. The summed E-state index contributed by atoms with van der Waals surface area (Å²) in [4.78, 5) is 27.6. The molecule has 162 valence electrons. The molecule has 0 aromatic heterocycles. The summed E-state index contributed by atoms with van der Waals surface area (Å²) in [6.07, 6.45) is 1.39. The van der Waals surface area contributed by atoms with Crippen molar-refractivity contribution < 1.29 is 14.3 Å². The third kappa shape index (κ3) is 6.61. The Balaban J connectivity index is 2.22. The van der Waals surface area contributed by atoms with Crippen LogP contribution in [0.2, 0.25) is 0 Å². The molecule has 1 unspecified atom stereocenters. The van der Waals surface area contributed by atoms with Crippen LogP contribution in [-0.2, 0) is 16.1 Å². The number of hydrogen-bond donors (Lipinski definition) is 1. The highest BCUT2D eigenvalue weighted by molar-refractivity contribution is 5.88. The van der Waals surface area contributed by atoms with E-state index in [1.54, 1.807) is 4.90 Å². The number of amides is 2. The van der Waals surface area contributed by atoms with Crippen LogP contribution in [0.25, 0.3) is 0 Å². The zero-order chi connectivity index (χ0) is 22.1. The van der Waals surface area contributed by atoms with Gasteiger partial charge in [0, 0.05) is 13.1 Å². The van der Waals surface area contributed by atoms with Crippen LogP contribution >= 0.6 is 0 Å². The lowest BCUT2D eigenvalue weighted by molar-refractivity contribution is -0.143. The minimum atomic E-state index is -0.535. The minimum Gasteiger partial charge on any atom is -0.483 e. The van der Waals surface area contributed by atoms with Crippen LogP contribution in [0, 0.1) is 20.8 Å². The van der Waals surface area contributed by atoms with E-state index in [0.717, 1.165) is 28.7 Å². The molecule has 1 N–H and O–H groups in total. The molecule has 30 heavy (non-hydrogen) atoms. The summed E-state index contributed by atoms with van der Waals surface area (Å²) in [5.74, 6) is 0.380. The predicted octanol–water partition coefficient (Wildman–Crippen LogP) is 4.32. The molecule has 0 aliphatic rings. The summed E-state index contributed by atoms with van der Waals surface area (Å²) >= 11 is 0. The number of aryl methyl sites for hydroxylation is 3. The van der Waals surface area contributed by atoms with Gasteiger partial charge in [-0.25, -0.2) is 0 Å². The van der Waals surface area contributed by atoms with E-state index in [9.17, 15) is 9.59 Å². The number of ether oxygens (including phenoxy) is 1. The Labute approximate surface area is 180 Å². The van der Waals surface area contributed by atoms with Gasteiger partial charge in [-0.2, -0.15) is 0 Å². The van der Waals surface area contributed by atoms with Gasteiger partial charge in [0.1, 0.15) is 11.8 Å². The number of carbonyl (C=O) groups is 2. The van der Waals surface area contributed by atoms with Gasteiger partial charge in [-0.05, 0) is 56.4 Å². The van der Waals surface area contributed by atoms with Crippen molar-refractivity contribution in [2.45, 2.75) is 60.0 Å². The normalized spacial score (nSPS) is 11.6. The average molecular weight is 411 g/mol. The summed E-state index contributed by atoms with van der Waals surface area (Å²) in [5.41, 5.74) is 4.17. The fourth-order valence-electron chi connectivity index (χ4n) is 3.38. The van der Waals surface area contributed by atoms with E-state index in [-0.39, 0.29) is 18.4 Å². The maximum atomic E-state index is 13.2. The largest absolute Gasteiger partial charge is 0.483 e. The van der Waals surface area contributed by atoms with Crippen molar-refractivity contribution in [2.24, 2.45) is 0 Å². The number of hydrogen-bond acceptors (Lipinski definition) is 3. The topological polar surface area (TPSA) is 58.6 Å². The SMILES string of the molecule is CCCNC(=O)C(CC)N(Cc1cccc(C)c1)C(=O)COc1cc(C)ccc1C. The predicted molar refractivity (Wildman–Crippen MR) is 121 cm³/mol. The third-order valence-corrected chi connectivity index (χ3v) is 5.07.